The lowest BCUT2D eigenvalue weighted by atomic mass is 10.0. The molecule has 2 aromatic carbocycles. The number of nitrogens with two attached hydrogens (primary N) is 1. The second-order valence-corrected chi connectivity index (χ2v) is 6.87. The van der Waals surface area contributed by atoms with Crippen LogP contribution in [-0.2, 0) is 11.2 Å². The van der Waals surface area contributed by atoms with Gasteiger partial charge in [-0.15, -0.1) is 0 Å². The van der Waals surface area contributed by atoms with E-state index in [2.05, 4.69) is 32.9 Å². The normalized spacial score (nSPS) is 16.9. The highest BCUT2D eigenvalue weighted by molar-refractivity contribution is 6.00. The molecular weight excluding hydrogens is 300 g/mol. The summed E-state index contributed by atoms with van der Waals surface area (Å²) in [6.45, 7) is 6.91. The third-order valence-corrected chi connectivity index (χ3v) is 4.14. The summed E-state index contributed by atoms with van der Waals surface area (Å²) in [5.41, 5.74) is 9.60. The number of nitrogen functional groups attached to an aromatic ring is 1. The molecular formula is C20H24N2O2. The van der Waals surface area contributed by atoms with Crippen LogP contribution in [0.2, 0.25) is 0 Å². The molecule has 2 N–H and O–H groups in total. The van der Waals surface area contributed by atoms with Crippen LogP contribution in [0.4, 0.5) is 11.4 Å². The molecule has 0 aromatic heterocycles. The molecule has 1 aliphatic heterocycles. The van der Waals surface area contributed by atoms with Gasteiger partial charge in [0.2, 0.25) is 0 Å². The van der Waals surface area contributed by atoms with Crippen molar-refractivity contribution >= 4 is 17.3 Å². The maximum Gasteiger partial charge on any atom is 0.268 e. The van der Waals surface area contributed by atoms with Gasteiger partial charge in [0.1, 0.15) is 5.75 Å². The molecule has 1 atom stereocenters. The molecule has 1 aliphatic rings. The Labute approximate surface area is 143 Å². The number of anilines is 2. The van der Waals surface area contributed by atoms with Crippen molar-refractivity contribution in [3.63, 3.8) is 0 Å². The second-order valence-electron chi connectivity index (χ2n) is 6.87. The van der Waals surface area contributed by atoms with E-state index < -0.39 is 6.10 Å². The zero-order valence-electron chi connectivity index (χ0n) is 14.5. The molecule has 4 nitrogen and oxygen atoms in total. The van der Waals surface area contributed by atoms with Gasteiger partial charge in [-0.1, -0.05) is 43.7 Å². The molecule has 1 heterocycles. The first-order valence-corrected chi connectivity index (χ1v) is 8.37. The molecule has 0 aliphatic carbocycles. The molecule has 0 saturated carbocycles. The number of aryl methyl sites for hydroxylation is 1. The molecule has 0 saturated heterocycles. The summed E-state index contributed by atoms with van der Waals surface area (Å²) in [7, 11) is 0. The smallest absolute Gasteiger partial charge is 0.268 e. The van der Waals surface area contributed by atoms with Crippen LogP contribution in [0.15, 0.2) is 42.5 Å². The van der Waals surface area contributed by atoms with Gasteiger partial charge in [-0.25, -0.2) is 0 Å². The van der Waals surface area contributed by atoms with E-state index in [9.17, 15) is 4.79 Å². The van der Waals surface area contributed by atoms with Crippen LogP contribution in [0.5, 0.6) is 5.75 Å². The van der Waals surface area contributed by atoms with Crippen LogP contribution in [-0.4, -0.2) is 18.6 Å². The van der Waals surface area contributed by atoms with E-state index in [1.54, 1.807) is 0 Å². The van der Waals surface area contributed by atoms with Crippen LogP contribution in [0.1, 0.15) is 25.0 Å². The van der Waals surface area contributed by atoms with E-state index in [4.69, 9.17) is 10.5 Å². The number of fused-ring (bicyclic) bond motifs is 1. The third kappa shape index (κ3) is 3.37. The predicted octanol–water partition coefficient (Wildman–Crippen LogP) is 3.57. The zero-order valence-corrected chi connectivity index (χ0v) is 14.5. The molecule has 1 unspecified atom stereocenters. The number of ether oxygens (including phenoxy) is 1. The van der Waals surface area contributed by atoms with Crippen molar-refractivity contribution in [3.8, 4) is 5.75 Å². The number of hydrogen-bond donors (Lipinski definition) is 1. The Hall–Kier alpha value is -2.49. The minimum atomic E-state index is -0.498. The van der Waals surface area contributed by atoms with Crippen LogP contribution in [0, 0.1) is 12.8 Å². The summed E-state index contributed by atoms with van der Waals surface area (Å²) < 4.78 is 6.01. The molecule has 0 bridgehead atoms. The minimum absolute atomic E-state index is 0.00306. The van der Waals surface area contributed by atoms with Crippen molar-refractivity contribution in [2.45, 2.75) is 33.3 Å². The van der Waals surface area contributed by atoms with E-state index in [-0.39, 0.29) is 5.91 Å². The Morgan fingerprint density at radius 1 is 1.21 bits per heavy atom. The lowest BCUT2D eigenvalue weighted by molar-refractivity contribution is -0.126. The van der Waals surface area contributed by atoms with E-state index in [1.165, 1.54) is 5.56 Å². The highest BCUT2D eigenvalue weighted by atomic mass is 16.5. The van der Waals surface area contributed by atoms with E-state index in [0.717, 1.165) is 17.0 Å². The van der Waals surface area contributed by atoms with Crippen LogP contribution < -0.4 is 15.4 Å². The number of benzene rings is 2. The van der Waals surface area contributed by atoms with Gasteiger partial charge in [0.05, 0.1) is 5.69 Å². The molecule has 4 heteroatoms. The predicted molar refractivity (Wildman–Crippen MR) is 97.3 cm³/mol. The number of nitrogens with zero attached hydrogens (tertiary/aromatic N) is 1. The fourth-order valence-corrected chi connectivity index (χ4v) is 3.08. The Kier molecular flexibility index (Phi) is 4.47. The number of carbonyl (C=O) groups is 1. The summed E-state index contributed by atoms with van der Waals surface area (Å²) in [5.74, 6) is 1.09. The van der Waals surface area contributed by atoms with Crippen molar-refractivity contribution < 1.29 is 9.53 Å². The number of rotatable bonds is 4. The van der Waals surface area contributed by atoms with E-state index in [0.29, 0.717) is 24.6 Å². The fraction of sp³-hybridized carbons (Fsp3) is 0.350. The highest BCUT2D eigenvalue weighted by Gasteiger charge is 2.34. The molecule has 0 fully saturated rings. The monoisotopic (exact) mass is 324 g/mol. The second kappa shape index (κ2) is 6.56. The number of carbonyl (C=O) groups excluding carboxylic acids is 1. The highest BCUT2D eigenvalue weighted by Crippen LogP contribution is 2.36. The molecule has 0 spiro atoms. The lowest BCUT2D eigenvalue weighted by Gasteiger charge is -2.35. The molecule has 1 amide bonds. The van der Waals surface area contributed by atoms with Crippen molar-refractivity contribution in [1.29, 1.82) is 0 Å². The largest absolute Gasteiger partial charge is 0.478 e. The number of hydrogen-bond acceptors (Lipinski definition) is 3. The summed E-state index contributed by atoms with van der Waals surface area (Å²) in [4.78, 5) is 14.8. The van der Waals surface area contributed by atoms with Gasteiger partial charge in [0.25, 0.3) is 5.91 Å². The van der Waals surface area contributed by atoms with E-state index in [1.807, 2.05) is 35.2 Å². The summed E-state index contributed by atoms with van der Waals surface area (Å²) in [5, 5.41) is 0. The lowest BCUT2D eigenvalue weighted by Crippen LogP contribution is -2.48. The maximum absolute atomic E-state index is 13.0. The summed E-state index contributed by atoms with van der Waals surface area (Å²) in [6, 6.07) is 13.7. The fourth-order valence-electron chi connectivity index (χ4n) is 3.08. The molecule has 0 radical (unpaired) electrons. The Bertz CT molecular complexity index is 755. The van der Waals surface area contributed by atoms with E-state index >= 15 is 0 Å². The zero-order chi connectivity index (χ0) is 17.3. The van der Waals surface area contributed by atoms with Gasteiger partial charge in [0.15, 0.2) is 6.10 Å². The first-order valence-electron chi connectivity index (χ1n) is 8.37. The van der Waals surface area contributed by atoms with Crippen LogP contribution >= 0.6 is 0 Å². The minimum Gasteiger partial charge on any atom is -0.478 e. The Morgan fingerprint density at radius 3 is 2.71 bits per heavy atom. The van der Waals surface area contributed by atoms with Crippen molar-refractivity contribution in [3.05, 3.63) is 53.6 Å². The number of amides is 1. The third-order valence-electron chi connectivity index (χ3n) is 4.14. The average Bonchev–Trinajstić information content (AvgIpc) is 2.52. The SMILES string of the molecule is Cc1cccc(CC2Oc3ccc(N)cc3N(CC(C)C)C2=O)c1. The van der Waals surface area contributed by atoms with Gasteiger partial charge >= 0.3 is 0 Å². The van der Waals surface area contributed by atoms with Crippen LogP contribution in [0.3, 0.4) is 0 Å². The molecule has 24 heavy (non-hydrogen) atoms. The van der Waals surface area contributed by atoms with Crippen molar-refractivity contribution in [2.75, 3.05) is 17.2 Å². The van der Waals surface area contributed by atoms with Gasteiger partial charge in [-0.05, 0) is 36.6 Å². The van der Waals surface area contributed by atoms with Gasteiger partial charge < -0.3 is 15.4 Å². The molecule has 126 valence electrons. The average molecular weight is 324 g/mol. The first-order chi connectivity index (χ1) is 11.4. The molecule has 2 aromatic rings. The van der Waals surface area contributed by atoms with Crippen LogP contribution in [0.25, 0.3) is 0 Å². The van der Waals surface area contributed by atoms with Crippen molar-refractivity contribution in [2.24, 2.45) is 5.92 Å². The van der Waals surface area contributed by atoms with Gasteiger partial charge in [-0.2, -0.15) is 0 Å². The topological polar surface area (TPSA) is 55.6 Å². The Morgan fingerprint density at radius 2 is 2.00 bits per heavy atom. The van der Waals surface area contributed by atoms with Crippen molar-refractivity contribution in [1.82, 2.24) is 0 Å². The first kappa shape index (κ1) is 16.4. The quantitative estimate of drug-likeness (QED) is 0.875. The summed E-state index contributed by atoms with van der Waals surface area (Å²) in [6.07, 6.45) is 0.0699. The summed E-state index contributed by atoms with van der Waals surface area (Å²) >= 11 is 0. The molecule has 3 rings (SSSR count). The standard InChI is InChI=1S/C20H24N2O2/c1-13(2)12-22-17-11-16(21)7-8-18(17)24-19(20(22)23)10-15-6-4-5-14(3)9-15/h4-9,11,13,19H,10,12,21H2,1-3H3. The van der Waals surface area contributed by atoms with Gasteiger partial charge in [-0.3, -0.25) is 4.79 Å². The Balaban J connectivity index is 1.92. The van der Waals surface area contributed by atoms with Gasteiger partial charge in [0, 0.05) is 18.7 Å². The maximum atomic E-state index is 13.0.